The molecule has 4 heterocycles. The topological polar surface area (TPSA) is 83.0 Å². The molecule has 0 bridgehead atoms. The molecule has 3 aliphatic rings. The first kappa shape index (κ1) is 18.9. The number of aliphatic hydroxyl groups is 1. The molecule has 0 radical (unpaired) electrons. The van der Waals surface area contributed by atoms with E-state index in [9.17, 15) is 5.11 Å². The number of hydrogen-bond acceptors (Lipinski definition) is 8. The van der Waals surface area contributed by atoms with E-state index < -0.39 is 0 Å². The Morgan fingerprint density at radius 2 is 1.96 bits per heavy atom. The maximum Gasteiger partial charge on any atom is 0.227 e. The van der Waals surface area contributed by atoms with E-state index in [4.69, 9.17) is 19.4 Å². The Morgan fingerprint density at radius 1 is 1.19 bits per heavy atom. The van der Waals surface area contributed by atoms with Crippen LogP contribution in [0.5, 0.6) is 0 Å². The van der Waals surface area contributed by atoms with Crippen molar-refractivity contribution >= 4 is 11.8 Å². The van der Waals surface area contributed by atoms with Gasteiger partial charge in [0.1, 0.15) is 5.82 Å². The van der Waals surface area contributed by atoms with E-state index in [1.54, 1.807) is 0 Å². The van der Waals surface area contributed by atoms with Crippen LogP contribution in [-0.4, -0.2) is 90.8 Å². The minimum Gasteiger partial charge on any atom is -0.389 e. The molecule has 1 aromatic rings. The van der Waals surface area contributed by atoms with Gasteiger partial charge in [-0.2, -0.15) is 4.98 Å². The number of hydrogen-bond donors (Lipinski definition) is 2. The van der Waals surface area contributed by atoms with Crippen LogP contribution in [0.3, 0.4) is 0 Å². The van der Waals surface area contributed by atoms with Crippen molar-refractivity contribution in [1.29, 1.82) is 0 Å². The maximum atomic E-state index is 9.64. The molecule has 4 rings (SSSR count). The summed E-state index contributed by atoms with van der Waals surface area (Å²) in [5.41, 5.74) is 1.05. The summed E-state index contributed by atoms with van der Waals surface area (Å²) in [6.07, 6.45) is 0.723. The second-order valence-corrected chi connectivity index (χ2v) is 8.36. The SMILES string of the molecule is CC(C)(CNc1cc(C2CCOC2)nc(N2CC(O)C2)n1)N1CCOCC1. The van der Waals surface area contributed by atoms with Gasteiger partial charge in [0, 0.05) is 56.9 Å². The number of anilines is 2. The van der Waals surface area contributed by atoms with Gasteiger partial charge in [-0.25, -0.2) is 4.98 Å². The van der Waals surface area contributed by atoms with Gasteiger partial charge in [0.2, 0.25) is 5.95 Å². The van der Waals surface area contributed by atoms with Crippen LogP contribution in [-0.2, 0) is 9.47 Å². The number of aromatic nitrogens is 2. The molecule has 8 heteroatoms. The van der Waals surface area contributed by atoms with Crippen molar-refractivity contribution in [3.63, 3.8) is 0 Å². The molecule has 0 saturated carbocycles. The van der Waals surface area contributed by atoms with Crippen molar-refractivity contribution in [2.45, 2.75) is 37.8 Å². The highest BCUT2D eigenvalue weighted by molar-refractivity contribution is 5.46. The number of ether oxygens (including phenoxy) is 2. The quantitative estimate of drug-likeness (QED) is 0.749. The molecule has 0 aliphatic carbocycles. The summed E-state index contributed by atoms with van der Waals surface area (Å²) in [5, 5.41) is 13.2. The number of morpholine rings is 1. The standard InChI is InChI=1S/C19H31N5O3/c1-19(2,24-4-7-26-8-5-24)13-20-17-9-16(14-3-6-27-12-14)21-18(22-17)23-10-15(25)11-23/h9,14-15,25H,3-8,10-13H2,1-2H3,(H,20,21,22). The molecule has 2 N–H and O–H groups in total. The van der Waals surface area contributed by atoms with E-state index in [0.717, 1.165) is 64.0 Å². The monoisotopic (exact) mass is 377 g/mol. The third kappa shape index (κ3) is 4.34. The third-order valence-electron chi connectivity index (χ3n) is 5.80. The van der Waals surface area contributed by atoms with E-state index in [-0.39, 0.29) is 11.6 Å². The van der Waals surface area contributed by atoms with Crippen molar-refractivity contribution < 1.29 is 14.6 Å². The van der Waals surface area contributed by atoms with E-state index in [0.29, 0.717) is 25.0 Å². The minimum atomic E-state index is -0.274. The van der Waals surface area contributed by atoms with Crippen LogP contribution in [0.1, 0.15) is 31.9 Å². The Labute approximate surface area is 160 Å². The molecule has 150 valence electrons. The summed E-state index contributed by atoms with van der Waals surface area (Å²) in [6, 6.07) is 2.06. The van der Waals surface area contributed by atoms with Gasteiger partial charge in [-0.3, -0.25) is 4.90 Å². The summed E-state index contributed by atoms with van der Waals surface area (Å²) in [4.78, 5) is 14.0. The van der Waals surface area contributed by atoms with Crippen LogP contribution in [0.2, 0.25) is 0 Å². The lowest BCUT2D eigenvalue weighted by atomic mass is 10.0. The number of nitrogens with one attached hydrogen (secondary N) is 1. The van der Waals surface area contributed by atoms with Gasteiger partial charge >= 0.3 is 0 Å². The van der Waals surface area contributed by atoms with Crippen LogP contribution in [0.4, 0.5) is 11.8 Å². The normalized spacial score (nSPS) is 24.9. The zero-order valence-corrected chi connectivity index (χ0v) is 16.4. The van der Waals surface area contributed by atoms with Gasteiger partial charge in [0.25, 0.3) is 0 Å². The minimum absolute atomic E-state index is 0.0124. The lowest BCUT2D eigenvalue weighted by molar-refractivity contribution is -0.00570. The van der Waals surface area contributed by atoms with Gasteiger partial charge in [0.05, 0.1) is 31.6 Å². The highest BCUT2D eigenvalue weighted by Gasteiger charge is 2.30. The lowest BCUT2D eigenvalue weighted by Crippen LogP contribution is -2.53. The van der Waals surface area contributed by atoms with E-state index in [2.05, 4.69) is 30.1 Å². The molecule has 1 unspecified atom stereocenters. The summed E-state index contributed by atoms with van der Waals surface area (Å²) >= 11 is 0. The molecule has 3 aliphatic heterocycles. The first-order valence-corrected chi connectivity index (χ1v) is 9.98. The summed E-state index contributed by atoms with van der Waals surface area (Å²) in [7, 11) is 0. The predicted molar refractivity (Wildman–Crippen MR) is 103 cm³/mol. The van der Waals surface area contributed by atoms with Gasteiger partial charge in [-0.1, -0.05) is 0 Å². The van der Waals surface area contributed by atoms with E-state index in [1.165, 1.54) is 0 Å². The summed E-state index contributed by atoms with van der Waals surface area (Å²) < 4.78 is 11.0. The molecule has 1 aromatic heterocycles. The number of aliphatic hydroxyl groups excluding tert-OH is 1. The zero-order chi connectivity index (χ0) is 18.9. The van der Waals surface area contributed by atoms with Gasteiger partial charge < -0.3 is 24.8 Å². The van der Waals surface area contributed by atoms with Gasteiger partial charge in [0.15, 0.2) is 0 Å². The Bertz CT molecular complexity index is 638. The highest BCUT2D eigenvalue weighted by atomic mass is 16.5. The van der Waals surface area contributed by atoms with Crippen molar-refractivity contribution in [1.82, 2.24) is 14.9 Å². The average Bonchev–Trinajstić information content (AvgIpc) is 3.19. The third-order valence-corrected chi connectivity index (χ3v) is 5.80. The first-order chi connectivity index (χ1) is 13.0. The van der Waals surface area contributed by atoms with Crippen molar-refractivity contribution in [3.05, 3.63) is 11.8 Å². The molecule has 8 nitrogen and oxygen atoms in total. The summed E-state index contributed by atoms with van der Waals surface area (Å²) in [6.45, 7) is 11.5. The fourth-order valence-corrected chi connectivity index (χ4v) is 3.87. The maximum absolute atomic E-state index is 9.64. The molecular formula is C19H31N5O3. The van der Waals surface area contributed by atoms with Crippen LogP contribution in [0.25, 0.3) is 0 Å². The zero-order valence-electron chi connectivity index (χ0n) is 16.4. The Kier molecular flexibility index (Phi) is 5.50. The lowest BCUT2D eigenvalue weighted by Gasteiger charge is -2.41. The van der Waals surface area contributed by atoms with Crippen LogP contribution >= 0.6 is 0 Å². The number of rotatable bonds is 6. The molecular weight excluding hydrogens is 346 g/mol. The van der Waals surface area contributed by atoms with Crippen LogP contribution < -0.4 is 10.2 Å². The van der Waals surface area contributed by atoms with E-state index in [1.807, 2.05) is 4.90 Å². The second kappa shape index (κ2) is 7.87. The first-order valence-electron chi connectivity index (χ1n) is 9.98. The van der Waals surface area contributed by atoms with Gasteiger partial charge in [-0.15, -0.1) is 0 Å². The Hall–Kier alpha value is -1.48. The Morgan fingerprint density at radius 3 is 2.63 bits per heavy atom. The Balaban J connectivity index is 1.48. The summed E-state index contributed by atoms with van der Waals surface area (Å²) in [5.74, 6) is 1.88. The van der Waals surface area contributed by atoms with Crippen LogP contribution in [0, 0.1) is 0 Å². The van der Waals surface area contributed by atoms with Crippen molar-refractivity contribution in [3.8, 4) is 0 Å². The number of nitrogens with zero attached hydrogens (tertiary/aromatic N) is 4. The molecule has 1 atom stereocenters. The van der Waals surface area contributed by atoms with E-state index >= 15 is 0 Å². The van der Waals surface area contributed by atoms with Crippen molar-refractivity contribution in [2.75, 3.05) is 69.4 Å². The van der Waals surface area contributed by atoms with Gasteiger partial charge in [-0.05, 0) is 20.3 Å². The highest BCUT2D eigenvalue weighted by Crippen LogP contribution is 2.28. The van der Waals surface area contributed by atoms with Crippen LogP contribution in [0.15, 0.2) is 6.07 Å². The fraction of sp³-hybridized carbons (Fsp3) is 0.789. The molecule has 27 heavy (non-hydrogen) atoms. The average molecular weight is 377 g/mol. The molecule has 0 aromatic carbocycles. The smallest absolute Gasteiger partial charge is 0.227 e. The largest absolute Gasteiger partial charge is 0.389 e. The fourth-order valence-electron chi connectivity index (χ4n) is 3.87. The molecule has 0 spiro atoms. The number of β-amino-alcohol motifs (C(OH)–C–C–N with tert-alkyl or cyclic N) is 1. The predicted octanol–water partition coefficient (Wildman–Crippen LogP) is 0.684. The van der Waals surface area contributed by atoms with Crippen molar-refractivity contribution in [2.24, 2.45) is 0 Å². The molecule has 0 amide bonds. The molecule has 3 fully saturated rings. The molecule has 3 saturated heterocycles. The second-order valence-electron chi connectivity index (χ2n) is 8.36.